The number of rotatable bonds is 17. The highest BCUT2D eigenvalue weighted by Crippen LogP contribution is 2.42. The molecule has 4 aliphatic rings. The van der Waals surface area contributed by atoms with Gasteiger partial charge in [0.15, 0.2) is 23.9 Å². The second kappa shape index (κ2) is 17.8. The molecule has 3 saturated heterocycles. The number of aromatic carboxylic acids is 1. The number of piperidine rings is 3. The lowest BCUT2D eigenvalue weighted by molar-refractivity contribution is -0.605. The number of alkyl halides is 2. The van der Waals surface area contributed by atoms with Crippen molar-refractivity contribution in [2.75, 3.05) is 33.4 Å². The Labute approximate surface area is 339 Å². The summed E-state index contributed by atoms with van der Waals surface area (Å²) in [4.78, 5) is 29.6. The van der Waals surface area contributed by atoms with E-state index in [9.17, 15) is 28.7 Å². The number of ether oxygens (including phenoxy) is 4. The first-order chi connectivity index (χ1) is 27.5. The number of benzene rings is 3. The summed E-state index contributed by atoms with van der Waals surface area (Å²) in [5.41, 5.74) is 2.16. The fourth-order valence-electron chi connectivity index (χ4n) is 7.92. The van der Waals surface area contributed by atoms with Gasteiger partial charge < -0.3 is 29.3 Å². The average molecular weight is 827 g/mol. The van der Waals surface area contributed by atoms with Crippen molar-refractivity contribution in [1.82, 2.24) is 10.2 Å². The standard InChI is InChI=1S/C42H43Cl2F2N3O8/c1-54-34-8-3-2-6-28(34)39(41(52)56-37-22-48-15-13-25(37)14-16-48)47-19-27-5-4-7-29(40(50)51)38(27)30(18-31-32(43)20-49(53)21-33(31)44)26-11-12-35(57-42(45)46)36(17-26)55-23-24-9-10-24/h2-8,11-12,17,20-21,24-25,30,37,39,42,47H,9-10,13-16,18-19,22-23H2,1H3,(H,50,51)/t30-,37-,39?/m0/s1. The number of halogens is 4. The molecule has 15 heteroatoms. The highest BCUT2D eigenvalue weighted by atomic mass is 35.5. The van der Waals surface area contributed by atoms with E-state index in [1.165, 1.54) is 19.2 Å². The van der Waals surface area contributed by atoms with E-state index >= 15 is 0 Å². The molecular formula is C42H43Cl2F2N3O8. The third-order valence-electron chi connectivity index (χ3n) is 11.0. The Kier molecular flexibility index (Phi) is 12.7. The van der Waals surface area contributed by atoms with Crippen LogP contribution in [0.2, 0.25) is 10.0 Å². The van der Waals surface area contributed by atoms with Gasteiger partial charge in [-0.3, -0.25) is 10.2 Å². The second-order valence-electron chi connectivity index (χ2n) is 14.7. The minimum Gasteiger partial charge on any atom is -0.619 e. The Morgan fingerprint density at radius 3 is 2.37 bits per heavy atom. The summed E-state index contributed by atoms with van der Waals surface area (Å²) < 4.78 is 50.3. The van der Waals surface area contributed by atoms with Crippen molar-refractivity contribution in [3.63, 3.8) is 0 Å². The molecule has 2 bridgehead atoms. The third kappa shape index (κ3) is 9.55. The number of esters is 1. The second-order valence-corrected chi connectivity index (χ2v) is 15.6. The first-order valence-corrected chi connectivity index (χ1v) is 19.7. The van der Waals surface area contributed by atoms with Crippen LogP contribution in [0, 0.1) is 17.0 Å². The van der Waals surface area contributed by atoms with Gasteiger partial charge in [0.25, 0.3) is 0 Å². The topological polar surface area (TPSA) is 134 Å². The van der Waals surface area contributed by atoms with Gasteiger partial charge in [-0.15, -0.1) is 0 Å². The predicted molar refractivity (Wildman–Crippen MR) is 207 cm³/mol. The van der Waals surface area contributed by atoms with Gasteiger partial charge in [0, 0.05) is 30.1 Å². The maximum atomic E-state index is 14.2. The van der Waals surface area contributed by atoms with Crippen molar-refractivity contribution in [2.24, 2.45) is 11.8 Å². The number of fused-ring (bicyclic) bond motifs is 3. The molecule has 0 amide bonds. The molecule has 3 aromatic carbocycles. The zero-order valence-corrected chi connectivity index (χ0v) is 32.7. The molecule has 1 unspecified atom stereocenters. The molecule has 3 aliphatic heterocycles. The highest BCUT2D eigenvalue weighted by Gasteiger charge is 2.39. The molecule has 4 heterocycles. The van der Waals surface area contributed by atoms with E-state index in [0.717, 1.165) is 51.2 Å². The van der Waals surface area contributed by atoms with Crippen molar-refractivity contribution >= 4 is 35.1 Å². The Morgan fingerprint density at radius 2 is 1.72 bits per heavy atom. The van der Waals surface area contributed by atoms with Crippen LogP contribution in [0.4, 0.5) is 8.78 Å². The van der Waals surface area contributed by atoms with Crippen LogP contribution in [-0.4, -0.2) is 68.0 Å². The van der Waals surface area contributed by atoms with E-state index in [1.807, 2.05) is 0 Å². The number of methoxy groups -OCH3 is 1. The molecule has 8 rings (SSSR count). The molecule has 11 nitrogen and oxygen atoms in total. The average Bonchev–Trinajstić information content (AvgIpc) is 4.03. The molecule has 1 aliphatic carbocycles. The van der Waals surface area contributed by atoms with Gasteiger partial charge in [-0.2, -0.15) is 13.5 Å². The third-order valence-corrected chi connectivity index (χ3v) is 11.7. The lowest BCUT2D eigenvalue weighted by Crippen LogP contribution is -2.52. The predicted octanol–water partition coefficient (Wildman–Crippen LogP) is 7.57. The van der Waals surface area contributed by atoms with Crippen molar-refractivity contribution in [2.45, 2.75) is 63.3 Å². The SMILES string of the molecule is COc1ccccc1C(NCc1cccc(C(=O)O)c1[C@@H](Cc1c(Cl)c[n+]([O-])cc1Cl)c1ccc(OC(F)F)c(OCC2CC2)c1)C(=O)O[C@H]1CN2CCC1CC2. The lowest BCUT2D eigenvalue weighted by Gasteiger charge is -2.44. The molecule has 0 spiro atoms. The Morgan fingerprint density at radius 1 is 0.982 bits per heavy atom. The summed E-state index contributed by atoms with van der Waals surface area (Å²) in [6, 6.07) is 15.4. The monoisotopic (exact) mass is 825 g/mol. The number of carboxylic acids is 1. The number of nitrogens with one attached hydrogen (secondary N) is 1. The first kappa shape index (κ1) is 40.5. The van der Waals surface area contributed by atoms with Crippen LogP contribution in [0.15, 0.2) is 73.1 Å². The smallest absolute Gasteiger partial charge is 0.387 e. The molecule has 57 heavy (non-hydrogen) atoms. The van der Waals surface area contributed by atoms with Gasteiger partial charge in [-0.1, -0.05) is 59.6 Å². The van der Waals surface area contributed by atoms with Gasteiger partial charge in [0.1, 0.15) is 27.9 Å². The molecule has 302 valence electrons. The van der Waals surface area contributed by atoms with Gasteiger partial charge in [0.2, 0.25) is 0 Å². The zero-order chi connectivity index (χ0) is 40.2. The number of hydrogen-bond acceptors (Lipinski definition) is 9. The normalized spacial score (nSPS) is 19.9. The molecule has 2 N–H and O–H groups in total. The van der Waals surface area contributed by atoms with Crippen LogP contribution in [0.3, 0.4) is 0 Å². The first-order valence-electron chi connectivity index (χ1n) is 18.9. The summed E-state index contributed by atoms with van der Waals surface area (Å²) >= 11 is 13.2. The quantitative estimate of drug-likeness (QED) is 0.0624. The summed E-state index contributed by atoms with van der Waals surface area (Å²) in [6.07, 6.45) is 5.81. The van der Waals surface area contributed by atoms with Gasteiger partial charge in [-0.25, -0.2) is 9.59 Å². The maximum absolute atomic E-state index is 14.2. The highest BCUT2D eigenvalue weighted by molar-refractivity contribution is 6.35. The minimum atomic E-state index is -3.12. The van der Waals surface area contributed by atoms with Gasteiger partial charge in [0.05, 0.1) is 19.3 Å². The molecule has 1 aromatic heterocycles. The van der Waals surface area contributed by atoms with Crippen molar-refractivity contribution in [3.8, 4) is 17.2 Å². The molecule has 4 fully saturated rings. The Hall–Kier alpha value is -4.69. The number of carboxylic acid groups (broad SMARTS) is 1. The summed E-state index contributed by atoms with van der Waals surface area (Å²) in [6.45, 7) is -0.235. The van der Waals surface area contributed by atoms with E-state index in [-0.39, 0.29) is 64.6 Å². The molecular weight excluding hydrogens is 783 g/mol. The van der Waals surface area contributed by atoms with Crippen molar-refractivity contribution < 1.29 is 47.2 Å². The Bertz CT molecular complexity index is 2070. The molecule has 0 radical (unpaired) electrons. The van der Waals surface area contributed by atoms with E-state index in [4.69, 9.17) is 42.1 Å². The van der Waals surface area contributed by atoms with Crippen LogP contribution in [0.1, 0.15) is 75.8 Å². The number of pyridine rings is 1. The number of carbonyl (C=O) groups excluding carboxylic acids is 1. The lowest BCUT2D eigenvalue weighted by atomic mass is 9.80. The molecule has 4 aromatic rings. The van der Waals surface area contributed by atoms with Crippen LogP contribution >= 0.6 is 23.2 Å². The number of nitrogens with zero attached hydrogens (tertiary/aromatic N) is 2. The maximum Gasteiger partial charge on any atom is 0.387 e. The van der Waals surface area contributed by atoms with Gasteiger partial charge in [-0.05, 0) is 98.0 Å². The molecule has 1 saturated carbocycles. The largest absolute Gasteiger partial charge is 0.619 e. The summed E-state index contributed by atoms with van der Waals surface area (Å²) in [5, 5.41) is 26.3. The van der Waals surface area contributed by atoms with Crippen molar-refractivity contribution in [1.29, 1.82) is 0 Å². The fraction of sp³-hybridized carbons (Fsp3) is 0.405. The number of hydrogen-bond donors (Lipinski definition) is 2. The van der Waals surface area contributed by atoms with E-state index in [0.29, 0.717) is 44.8 Å². The fourth-order valence-corrected chi connectivity index (χ4v) is 8.52. The summed E-state index contributed by atoms with van der Waals surface area (Å²) in [5.74, 6) is -1.68. The minimum absolute atomic E-state index is 0.00946. The number of aromatic nitrogens is 1. The van der Waals surface area contributed by atoms with Gasteiger partial charge >= 0.3 is 18.6 Å². The number of para-hydroxylation sites is 1. The number of carbonyl (C=O) groups is 2. The van der Waals surface area contributed by atoms with Crippen molar-refractivity contribution in [3.05, 3.63) is 122 Å². The van der Waals surface area contributed by atoms with Crippen LogP contribution in [-0.2, 0) is 22.5 Å². The van der Waals surface area contributed by atoms with E-state index in [2.05, 4.69) is 10.2 Å². The van der Waals surface area contributed by atoms with Crippen LogP contribution in [0.5, 0.6) is 17.2 Å². The summed E-state index contributed by atoms with van der Waals surface area (Å²) in [7, 11) is 1.52. The molecule has 3 atom stereocenters. The Balaban J connectivity index is 1.30. The van der Waals surface area contributed by atoms with E-state index < -0.39 is 30.5 Å². The van der Waals surface area contributed by atoms with Crippen LogP contribution < -0.4 is 24.3 Å². The van der Waals surface area contributed by atoms with E-state index in [1.54, 1.807) is 48.5 Å². The zero-order valence-electron chi connectivity index (χ0n) is 31.2. The van der Waals surface area contributed by atoms with Crippen LogP contribution in [0.25, 0.3) is 0 Å².